The molecule has 0 atom stereocenters. The Labute approximate surface area is 110 Å². The van der Waals surface area contributed by atoms with Gasteiger partial charge in [0.25, 0.3) is 0 Å². The molecule has 1 heterocycles. The maximum Gasteiger partial charge on any atom is 0.411 e. The summed E-state index contributed by atoms with van der Waals surface area (Å²) in [6.07, 6.45) is -3.70. The molecule has 0 unspecified atom stereocenters. The van der Waals surface area contributed by atoms with Gasteiger partial charge in [-0.05, 0) is 27.3 Å². The molecule has 0 radical (unpaired) electrons. The zero-order chi connectivity index (χ0) is 14.5. The topological polar surface area (TPSA) is 38.5 Å². The molecular formula is C12H19F3N2O2. The van der Waals surface area contributed by atoms with Gasteiger partial charge in [0, 0.05) is 25.3 Å². The van der Waals surface area contributed by atoms with Crippen molar-refractivity contribution in [2.45, 2.75) is 33.0 Å². The van der Waals surface area contributed by atoms with E-state index in [1.807, 2.05) is 25.8 Å². The fraction of sp³-hybridized carbons (Fsp3) is 0.750. The Kier molecular flexibility index (Phi) is 5.81. The van der Waals surface area contributed by atoms with Crippen molar-refractivity contribution in [3.8, 4) is 0 Å². The molecule has 0 N–H and O–H groups in total. The van der Waals surface area contributed by atoms with Gasteiger partial charge in [-0.15, -0.1) is 0 Å². The average molecular weight is 280 g/mol. The maximum absolute atomic E-state index is 11.8. The van der Waals surface area contributed by atoms with Crippen LogP contribution in [0.1, 0.15) is 23.4 Å². The molecule has 0 spiro atoms. The molecule has 7 heteroatoms. The van der Waals surface area contributed by atoms with E-state index >= 15 is 0 Å². The number of nitrogens with zero attached hydrogens (tertiary/aromatic N) is 2. The number of aromatic nitrogens is 1. The largest absolute Gasteiger partial charge is 0.411 e. The molecule has 0 aliphatic heterocycles. The van der Waals surface area contributed by atoms with Crippen LogP contribution in [0.25, 0.3) is 0 Å². The average Bonchev–Trinajstić information content (AvgIpc) is 2.59. The zero-order valence-electron chi connectivity index (χ0n) is 11.4. The number of hydrogen-bond acceptors (Lipinski definition) is 4. The van der Waals surface area contributed by atoms with Gasteiger partial charge in [0.05, 0.1) is 5.69 Å². The van der Waals surface area contributed by atoms with Gasteiger partial charge in [-0.3, -0.25) is 0 Å². The van der Waals surface area contributed by atoms with Gasteiger partial charge in [0.15, 0.2) is 0 Å². The molecule has 1 aromatic rings. The minimum Gasteiger partial charge on any atom is -0.372 e. The van der Waals surface area contributed by atoms with E-state index in [0.29, 0.717) is 19.5 Å². The van der Waals surface area contributed by atoms with Crippen molar-refractivity contribution in [1.29, 1.82) is 0 Å². The normalized spacial score (nSPS) is 12.4. The predicted molar refractivity (Wildman–Crippen MR) is 63.8 cm³/mol. The van der Waals surface area contributed by atoms with Gasteiger partial charge in [-0.25, -0.2) is 0 Å². The van der Waals surface area contributed by atoms with Crippen molar-refractivity contribution in [2.24, 2.45) is 0 Å². The van der Waals surface area contributed by atoms with E-state index in [4.69, 9.17) is 4.52 Å². The molecule has 1 rings (SSSR count). The van der Waals surface area contributed by atoms with E-state index < -0.39 is 12.8 Å². The molecule has 1 aromatic heterocycles. The first kappa shape index (κ1) is 16.0. The molecule has 19 heavy (non-hydrogen) atoms. The van der Waals surface area contributed by atoms with Crippen molar-refractivity contribution in [2.75, 3.05) is 26.8 Å². The van der Waals surface area contributed by atoms with Gasteiger partial charge >= 0.3 is 6.18 Å². The van der Waals surface area contributed by atoms with Crippen LogP contribution >= 0.6 is 0 Å². The molecule has 4 nitrogen and oxygen atoms in total. The van der Waals surface area contributed by atoms with Crippen LogP contribution in [0, 0.1) is 13.8 Å². The van der Waals surface area contributed by atoms with E-state index in [-0.39, 0.29) is 6.61 Å². The molecule has 110 valence electrons. The van der Waals surface area contributed by atoms with Gasteiger partial charge < -0.3 is 14.2 Å². The summed E-state index contributed by atoms with van der Waals surface area (Å²) in [5.41, 5.74) is 1.87. The van der Waals surface area contributed by atoms with Crippen LogP contribution in [0.2, 0.25) is 0 Å². The fourth-order valence-corrected chi connectivity index (χ4v) is 1.70. The van der Waals surface area contributed by atoms with Crippen molar-refractivity contribution >= 4 is 0 Å². The summed E-state index contributed by atoms with van der Waals surface area (Å²) >= 11 is 0. The fourth-order valence-electron chi connectivity index (χ4n) is 1.70. The van der Waals surface area contributed by atoms with E-state index in [9.17, 15) is 13.2 Å². The van der Waals surface area contributed by atoms with E-state index in [0.717, 1.165) is 17.0 Å². The number of hydrogen-bond donors (Lipinski definition) is 0. The molecule has 0 amide bonds. The van der Waals surface area contributed by atoms with Crippen LogP contribution in [0.5, 0.6) is 0 Å². The lowest BCUT2D eigenvalue weighted by Gasteiger charge is -2.16. The Morgan fingerprint density at radius 1 is 1.32 bits per heavy atom. The summed E-state index contributed by atoms with van der Waals surface area (Å²) in [6.45, 7) is 3.95. The van der Waals surface area contributed by atoms with Crippen molar-refractivity contribution < 1.29 is 22.4 Å². The SMILES string of the molecule is Cc1noc(C)c1CN(C)CCCOCC(F)(F)F. The number of alkyl halides is 3. The van der Waals surface area contributed by atoms with Gasteiger partial charge in [-0.2, -0.15) is 13.2 Å². The van der Waals surface area contributed by atoms with E-state index in [2.05, 4.69) is 9.89 Å². The van der Waals surface area contributed by atoms with E-state index in [1.165, 1.54) is 0 Å². The van der Waals surface area contributed by atoms with Gasteiger partial charge in [0.2, 0.25) is 0 Å². The van der Waals surface area contributed by atoms with Crippen molar-refractivity contribution in [1.82, 2.24) is 10.1 Å². The Balaban J connectivity index is 2.20. The van der Waals surface area contributed by atoms with Crippen LogP contribution < -0.4 is 0 Å². The van der Waals surface area contributed by atoms with Gasteiger partial charge in [0.1, 0.15) is 12.4 Å². The first-order valence-corrected chi connectivity index (χ1v) is 6.04. The maximum atomic E-state index is 11.8. The monoisotopic (exact) mass is 280 g/mol. The minimum absolute atomic E-state index is 0.103. The molecule has 0 saturated heterocycles. The van der Waals surface area contributed by atoms with Crippen molar-refractivity contribution in [3.63, 3.8) is 0 Å². The zero-order valence-corrected chi connectivity index (χ0v) is 11.4. The summed E-state index contributed by atoms with van der Waals surface area (Å²) < 4.78 is 45.1. The second-order valence-electron chi connectivity index (χ2n) is 4.56. The predicted octanol–water partition coefficient (Wildman–Crippen LogP) is 2.69. The summed E-state index contributed by atoms with van der Waals surface area (Å²) in [5.74, 6) is 0.776. The second kappa shape index (κ2) is 6.91. The third-order valence-electron chi connectivity index (χ3n) is 2.70. The van der Waals surface area contributed by atoms with Crippen LogP contribution in [-0.4, -0.2) is 43.0 Å². The summed E-state index contributed by atoms with van der Waals surface area (Å²) in [4.78, 5) is 2.00. The molecule has 0 bridgehead atoms. The Hall–Kier alpha value is -1.08. The minimum atomic E-state index is -4.25. The lowest BCUT2D eigenvalue weighted by Crippen LogP contribution is -2.22. The third kappa shape index (κ3) is 6.07. The highest BCUT2D eigenvalue weighted by molar-refractivity contribution is 5.20. The van der Waals surface area contributed by atoms with E-state index in [1.54, 1.807) is 0 Å². The highest BCUT2D eigenvalue weighted by Crippen LogP contribution is 2.15. The standard InChI is InChI=1S/C12H19F3N2O2/c1-9-11(10(2)19-16-9)7-17(3)5-4-6-18-8-12(13,14)15/h4-8H2,1-3H3. The van der Waals surface area contributed by atoms with Crippen LogP contribution in [0.15, 0.2) is 4.52 Å². The molecule has 0 saturated carbocycles. The number of rotatable bonds is 7. The molecule has 0 fully saturated rings. The summed E-state index contributed by atoms with van der Waals surface area (Å²) in [7, 11) is 1.90. The molecule has 0 aromatic carbocycles. The van der Waals surface area contributed by atoms with Gasteiger partial charge in [-0.1, -0.05) is 5.16 Å². The Bertz CT molecular complexity index is 371. The quantitative estimate of drug-likeness (QED) is 0.720. The highest BCUT2D eigenvalue weighted by Gasteiger charge is 2.27. The van der Waals surface area contributed by atoms with Crippen molar-refractivity contribution in [3.05, 3.63) is 17.0 Å². The van der Waals surface area contributed by atoms with Crippen LogP contribution in [0.3, 0.4) is 0 Å². The Morgan fingerprint density at radius 2 is 2.00 bits per heavy atom. The summed E-state index contributed by atoms with van der Waals surface area (Å²) in [6, 6.07) is 0. The number of halogens is 3. The Morgan fingerprint density at radius 3 is 2.53 bits per heavy atom. The first-order valence-electron chi connectivity index (χ1n) is 6.04. The second-order valence-corrected chi connectivity index (χ2v) is 4.56. The molecular weight excluding hydrogens is 261 g/mol. The van der Waals surface area contributed by atoms with Crippen LogP contribution in [-0.2, 0) is 11.3 Å². The van der Waals surface area contributed by atoms with Crippen LogP contribution in [0.4, 0.5) is 13.2 Å². The molecule has 0 aliphatic carbocycles. The lowest BCUT2D eigenvalue weighted by molar-refractivity contribution is -0.174. The molecule has 0 aliphatic rings. The third-order valence-corrected chi connectivity index (χ3v) is 2.70. The summed E-state index contributed by atoms with van der Waals surface area (Å²) in [5, 5.41) is 3.85. The smallest absolute Gasteiger partial charge is 0.372 e. The lowest BCUT2D eigenvalue weighted by atomic mass is 10.2. The first-order chi connectivity index (χ1) is 8.79. The number of aryl methyl sites for hydroxylation is 2. The highest BCUT2D eigenvalue weighted by atomic mass is 19.4. The number of ether oxygens (including phenoxy) is 1.